The number of amides is 1. The number of carbonyl (C=O) groups excluding carboxylic acids is 1. The van der Waals surface area contributed by atoms with Crippen LogP contribution in [0.25, 0.3) is 0 Å². The van der Waals surface area contributed by atoms with Crippen LogP contribution < -0.4 is 0 Å². The molecule has 1 saturated heterocycles. The topological polar surface area (TPSA) is 63.4 Å². The van der Waals surface area contributed by atoms with Gasteiger partial charge in [-0.25, -0.2) is 0 Å². The van der Waals surface area contributed by atoms with Gasteiger partial charge in [0.05, 0.1) is 4.92 Å². The molecule has 0 N–H and O–H groups in total. The second-order valence-corrected chi connectivity index (χ2v) is 5.82. The van der Waals surface area contributed by atoms with E-state index in [1.807, 2.05) is 4.90 Å². The van der Waals surface area contributed by atoms with Gasteiger partial charge in [0, 0.05) is 30.8 Å². The fourth-order valence-electron chi connectivity index (χ4n) is 3.48. The molecule has 1 aromatic carbocycles. The SMILES string of the molecule is O=C(c1ccc([N+](=O)[O-])cc1)N1C[C@H]2CCCC[C@H]2C1. The third kappa shape index (κ3) is 2.40. The highest BCUT2D eigenvalue weighted by atomic mass is 16.6. The number of benzene rings is 1. The summed E-state index contributed by atoms with van der Waals surface area (Å²) in [6.45, 7) is 1.70. The van der Waals surface area contributed by atoms with Crippen molar-refractivity contribution >= 4 is 11.6 Å². The van der Waals surface area contributed by atoms with E-state index in [4.69, 9.17) is 0 Å². The Balaban J connectivity index is 1.71. The lowest BCUT2D eigenvalue weighted by Gasteiger charge is -2.22. The number of non-ortho nitro benzene ring substituents is 1. The molecule has 1 heterocycles. The van der Waals surface area contributed by atoms with E-state index in [-0.39, 0.29) is 11.6 Å². The van der Waals surface area contributed by atoms with Crippen molar-refractivity contribution in [1.29, 1.82) is 0 Å². The van der Waals surface area contributed by atoms with Crippen molar-refractivity contribution in [1.82, 2.24) is 4.90 Å². The maximum Gasteiger partial charge on any atom is 0.269 e. The highest BCUT2D eigenvalue weighted by molar-refractivity contribution is 5.94. The lowest BCUT2D eigenvalue weighted by atomic mass is 9.82. The number of nitrogens with zero attached hydrogens (tertiary/aromatic N) is 2. The molecule has 1 amide bonds. The average Bonchev–Trinajstić information content (AvgIpc) is 2.90. The molecule has 3 rings (SSSR count). The number of rotatable bonds is 2. The molecule has 2 aliphatic rings. The number of hydrogen-bond acceptors (Lipinski definition) is 3. The Morgan fingerprint density at radius 2 is 1.65 bits per heavy atom. The van der Waals surface area contributed by atoms with Crippen LogP contribution in [0, 0.1) is 22.0 Å². The van der Waals surface area contributed by atoms with E-state index in [2.05, 4.69) is 0 Å². The van der Waals surface area contributed by atoms with Crippen molar-refractivity contribution in [2.24, 2.45) is 11.8 Å². The Labute approximate surface area is 117 Å². The number of fused-ring (bicyclic) bond motifs is 1. The summed E-state index contributed by atoms with van der Waals surface area (Å²) in [4.78, 5) is 24.5. The summed E-state index contributed by atoms with van der Waals surface area (Å²) >= 11 is 0. The van der Waals surface area contributed by atoms with Gasteiger partial charge >= 0.3 is 0 Å². The maximum absolute atomic E-state index is 12.4. The van der Waals surface area contributed by atoms with Gasteiger partial charge < -0.3 is 4.90 Å². The smallest absolute Gasteiger partial charge is 0.269 e. The second kappa shape index (κ2) is 5.23. The van der Waals surface area contributed by atoms with E-state index >= 15 is 0 Å². The van der Waals surface area contributed by atoms with Crippen LogP contribution in [0.1, 0.15) is 36.0 Å². The van der Waals surface area contributed by atoms with E-state index in [1.165, 1.54) is 37.8 Å². The van der Waals surface area contributed by atoms with Gasteiger partial charge in [0.15, 0.2) is 0 Å². The molecule has 1 aliphatic heterocycles. The van der Waals surface area contributed by atoms with Gasteiger partial charge in [-0.1, -0.05) is 12.8 Å². The minimum atomic E-state index is -0.446. The summed E-state index contributed by atoms with van der Waals surface area (Å²) in [6, 6.07) is 5.91. The largest absolute Gasteiger partial charge is 0.338 e. The zero-order valence-corrected chi connectivity index (χ0v) is 11.3. The van der Waals surface area contributed by atoms with E-state index in [1.54, 1.807) is 12.1 Å². The van der Waals surface area contributed by atoms with Crippen LogP contribution in [0.15, 0.2) is 24.3 Å². The van der Waals surface area contributed by atoms with E-state index in [0.29, 0.717) is 17.4 Å². The van der Waals surface area contributed by atoms with Gasteiger partial charge in [0.2, 0.25) is 0 Å². The first-order valence-corrected chi connectivity index (χ1v) is 7.19. The number of hydrogen-bond donors (Lipinski definition) is 0. The molecule has 1 aromatic rings. The molecule has 0 radical (unpaired) electrons. The maximum atomic E-state index is 12.4. The Morgan fingerprint density at radius 1 is 1.10 bits per heavy atom. The number of nitro benzene ring substituents is 1. The normalized spacial score (nSPS) is 25.3. The van der Waals surface area contributed by atoms with Gasteiger partial charge in [-0.3, -0.25) is 14.9 Å². The third-order valence-corrected chi connectivity index (χ3v) is 4.59. The molecule has 106 valence electrons. The minimum Gasteiger partial charge on any atom is -0.338 e. The summed E-state index contributed by atoms with van der Waals surface area (Å²) in [6.07, 6.45) is 5.02. The summed E-state index contributed by atoms with van der Waals surface area (Å²) in [5.74, 6) is 1.32. The number of carbonyl (C=O) groups is 1. The van der Waals surface area contributed by atoms with Gasteiger partial charge in [-0.15, -0.1) is 0 Å². The Bertz CT molecular complexity index is 512. The van der Waals surface area contributed by atoms with E-state index < -0.39 is 4.92 Å². The average molecular weight is 274 g/mol. The molecule has 20 heavy (non-hydrogen) atoms. The molecule has 2 fully saturated rings. The third-order valence-electron chi connectivity index (χ3n) is 4.59. The molecule has 1 saturated carbocycles. The van der Waals surface area contributed by atoms with Crippen molar-refractivity contribution < 1.29 is 9.72 Å². The number of likely N-dealkylation sites (tertiary alicyclic amines) is 1. The molecule has 5 nitrogen and oxygen atoms in total. The first-order chi connectivity index (χ1) is 9.65. The Kier molecular flexibility index (Phi) is 3.42. The number of nitro groups is 1. The fourth-order valence-corrected chi connectivity index (χ4v) is 3.48. The standard InChI is InChI=1S/C15H18N2O3/c18-15(11-5-7-14(8-6-11)17(19)20)16-9-12-3-1-2-4-13(12)10-16/h5-8,12-13H,1-4,9-10H2/t12-,13+. The summed E-state index contributed by atoms with van der Waals surface area (Å²) in [5, 5.41) is 10.6. The van der Waals surface area contributed by atoms with Crippen LogP contribution in [0.4, 0.5) is 5.69 Å². The van der Waals surface area contributed by atoms with Gasteiger partial charge in [0.1, 0.15) is 0 Å². The van der Waals surface area contributed by atoms with Crippen molar-refractivity contribution in [3.8, 4) is 0 Å². The van der Waals surface area contributed by atoms with E-state index in [0.717, 1.165) is 13.1 Å². The summed E-state index contributed by atoms with van der Waals surface area (Å²) in [5.41, 5.74) is 0.575. The molecule has 0 spiro atoms. The quantitative estimate of drug-likeness (QED) is 0.615. The lowest BCUT2D eigenvalue weighted by Crippen LogP contribution is -2.28. The molecular weight excluding hydrogens is 256 g/mol. The zero-order valence-electron chi connectivity index (χ0n) is 11.3. The van der Waals surface area contributed by atoms with Gasteiger partial charge in [-0.05, 0) is 36.8 Å². The van der Waals surface area contributed by atoms with Crippen LogP contribution in [0.5, 0.6) is 0 Å². The van der Waals surface area contributed by atoms with Crippen molar-refractivity contribution in [2.75, 3.05) is 13.1 Å². The minimum absolute atomic E-state index is 0.00861. The van der Waals surface area contributed by atoms with E-state index in [9.17, 15) is 14.9 Å². The Hall–Kier alpha value is -1.91. The molecular formula is C15H18N2O3. The zero-order chi connectivity index (χ0) is 14.1. The van der Waals surface area contributed by atoms with Crippen LogP contribution in [0.3, 0.4) is 0 Å². The molecule has 2 atom stereocenters. The summed E-state index contributed by atoms with van der Waals surface area (Å²) < 4.78 is 0. The molecule has 1 aliphatic carbocycles. The van der Waals surface area contributed by atoms with Crippen LogP contribution >= 0.6 is 0 Å². The second-order valence-electron chi connectivity index (χ2n) is 5.82. The van der Waals surface area contributed by atoms with Gasteiger partial charge in [-0.2, -0.15) is 0 Å². The molecule has 0 bridgehead atoms. The summed E-state index contributed by atoms with van der Waals surface area (Å²) in [7, 11) is 0. The predicted molar refractivity (Wildman–Crippen MR) is 74.4 cm³/mol. The predicted octanol–water partition coefficient (Wildman–Crippen LogP) is 2.86. The van der Waals surface area contributed by atoms with Crippen molar-refractivity contribution in [2.45, 2.75) is 25.7 Å². The lowest BCUT2D eigenvalue weighted by molar-refractivity contribution is -0.384. The highest BCUT2D eigenvalue weighted by Crippen LogP contribution is 2.36. The molecule has 0 unspecified atom stereocenters. The van der Waals surface area contributed by atoms with Crippen LogP contribution in [0.2, 0.25) is 0 Å². The van der Waals surface area contributed by atoms with Crippen LogP contribution in [-0.2, 0) is 0 Å². The van der Waals surface area contributed by atoms with Crippen molar-refractivity contribution in [3.63, 3.8) is 0 Å². The fraction of sp³-hybridized carbons (Fsp3) is 0.533. The monoisotopic (exact) mass is 274 g/mol. The first kappa shape index (κ1) is 13.1. The highest BCUT2D eigenvalue weighted by Gasteiger charge is 2.36. The van der Waals surface area contributed by atoms with Crippen molar-refractivity contribution in [3.05, 3.63) is 39.9 Å². The molecule has 5 heteroatoms. The van der Waals surface area contributed by atoms with Crippen LogP contribution in [-0.4, -0.2) is 28.8 Å². The van der Waals surface area contributed by atoms with Gasteiger partial charge in [0.25, 0.3) is 11.6 Å². The molecule has 0 aromatic heterocycles. The Morgan fingerprint density at radius 3 is 2.15 bits per heavy atom. The first-order valence-electron chi connectivity index (χ1n) is 7.19.